The van der Waals surface area contributed by atoms with Crippen molar-refractivity contribution in [2.45, 2.75) is 18.9 Å². The summed E-state index contributed by atoms with van der Waals surface area (Å²) in [7, 11) is 0. The lowest BCUT2D eigenvalue weighted by molar-refractivity contribution is 0.0584. The van der Waals surface area contributed by atoms with Gasteiger partial charge < -0.3 is 10.5 Å². The zero-order valence-corrected chi connectivity index (χ0v) is 10.5. The van der Waals surface area contributed by atoms with Crippen LogP contribution < -0.4 is 5.73 Å². The Hall–Kier alpha value is -0.350. The molecule has 0 unspecified atom stereocenters. The van der Waals surface area contributed by atoms with E-state index in [0.29, 0.717) is 10.9 Å². The van der Waals surface area contributed by atoms with Crippen LogP contribution >= 0.6 is 24.0 Å². The van der Waals surface area contributed by atoms with Crippen molar-refractivity contribution in [3.63, 3.8) is 0 Å². The highest BCUT2D eigenvalue weighted by Crippen LogP contribution is 2.31. The number of aromatic nitrogens is 1. The molecule has 2 heterocycles. The molecule has 2 rings (SSSR count). The molecule has 0 aliphatic carbocycles. The zero-order chi connectivity index (χ0) is 10.7. The highest BCUT2D eigenvalue weighted by Gasteiger charge is 2.23. The van der Waals surface area contributed by atoms with E-state index >= 15 is 0 Å². The number of rotatable bonds is 2. The first-order chi connectivity index (χ1) is 7.29. The molecule has 5 heteroatoms. The van der Waals surface area contributed by atoms with Gasteiger partial charge in [0.25, 0.3) is 0 Å². The Morgan fingerprint density at radius 2 is 2.12 bits per heavy atom. The maximum atomic E-state index is 6.20. The Bertz CT molecular complexity index is 330. The van der Waals surface area contributed by atoms with Crippen LogP contribution in [0, 0.1) is 5.92 Å². The summed E-state index contributed by atoms with van der Waals surface area (Å²) in [6.07, 6.45) is 5.41. The summed E-state index contributed by atoms with van der Waals surface area (Å²) in [6.45, 7) is 1.61. The molecule has 0 radical (unpaired) electrons. The van der Waals surface area contributed by atoms with Crippen LogP contribution in [-0.4, -0.2) is 18.2 Å². The second kappa shape index (κ2) is 6.40. The van der Waals surface area contributed by atoms with Gasteiger partial charge in [0.1, 0.15) is 0 Å². The molecule has 1 saturated heterocycles. The molecule has 3 nitrogen and oxygen atoms in total. The fourth-order valence-corrected chi connectivity index (χ4v) is 2.23. The first kappa shape index (κ1) is 13.7. The third-order valence-corrected chi connectivity index (χ3v) is 3.25. The summed E-state index contributed by atoms with van der Waals surface area (Å²) in [5, 5.41) is 0.663. The van der Waals surface area contributed by atoms with E-state index in [1.807, 2.05) is 6.07 Å². The molecule has 2 N–H and O–H groups in total. The number of hydrogen-bond donors (Lipinski definition) is 1. The summed E-state index contributed by atoms with van der Waals surface area (Å²) in [6, 6.07) is 1.91. The van der Waals surface area contributed by atoms with Gasteiger partial charge in [0, 0.05) is 31.6 Å². The van der Waals surface area contributed by atoms with Crippen molar-refractivity contribution in [2.24, 2.45) is 11.7 Å². The summed E-state index contributed by atoms with van der Waals surface area (Å²) >= 11 is 6.06. The lowest BCUT2D eigenvalue weighted by Crippen LogP contribution is -2.27. The minimum Gasteiger partial charge on any atom is -0.381 e. The highest BCUT2D eigenvalue weighted by molar-refractivity contribution is 6.31. The maximum absolute atomic E-state index is 6.20. The fourth-order valence-electron chi connectivity index (χ4n) is 1.99. The molecule has 0 bridgehead atoms. The minimum absolute atomic E-state index is 0. The van der Waals surface area contributed by atoms with Gasteiger partial charge in [-0.25, -0.2) is 0 Å². The maximum Gasteiger partial charge on any atom is 0.0637 e. The first-order valence-electron chi connectivity index (χ1n) is 5.22. The summed E-state index contributed by atoms with van der Waals surface area (Å²) in [4.78, 5) is 3.96. The monoisotopic (exact) mass is 262 g/mol. The van der Waals surface area contributed by atoms with Crippen LogP contribution in [0.3, 0.4) is 0 Å². The van der Waals surface area contributed by atoms with Crippen LogP contribution in [0.15, 0.2) is 18.5 Å². The summed E-state index contributed by atoms with van der Waals surface area (Å²) < 4.78 is 5.32. The number of halogens is 2. The molecule has 0 saturated carbocycles. The van der Waals surface area contributed by atoms with Gasteiger partial charge in [0.15, 0.2) is 0 Å². The molecule has 0 amide bonds. The van der Waals surface area contributed by atoms with Gasteiger partial charge >= 0.3 is 0 Å². The van der Waals surface area contributed by atoms with Gasteiger partial charge in [-0.1, -0.05) is 11.6 Å². The lowest BCUT2D eigenvalue weighted by atomic mass is 9.88. The van der Waals surface area contributed by atoms with E-state index in [1.165, 1.54) is 0 Å². The Kier molecular flexibility index (Phi) is 5.49. The molecule has 90 valence electrons. The molecule has 1 fully saturated rings. The first-order valence-corrected chi connectivity index (χ1v) is 5.59. The van der Waals surface area contributed by atoms with Crippen LogP contribution in [0.25, 0.3) is 0 Å². The molecule has 1 atom stereocenters. The Balaban J connectivity index is 0.00000128. The van der Waals surface area contributed by atoms with Gasteiger partial charge in [-0.15, -0.1) is 12.4 Å². The van der Waals surface area contributed by atoms with E-state index in [0.717, 1.165) is 31.6 Å². The van der Waals surface area contributed by atoms with Crippen LogP contribution in [0.5, 0.6) is 0 Å². The van der Waals surface area contributed by atoms with E-state index in [4.69, 9.17) is 22.1 Å². The topological polar surface area (TPSA) is 48.1 Å². The second-order valence-corrected chi connectivity index (χ2v) is 4.28. The van der Waals surface area contributed by atoms with Gasteiger partial charge in [0.05, 0.1) is 5.02 Å². The molecule has 1 aromatic heterocycles. The largest absolute Gasteiger partial charge is 0.381 e. The van der Waals surface area contributed by atoms with Gasteiger partial charge in [-0.3, -0.25) is 4.98 Å². The quantitative estimate of drug-likeness (QED) is 0.892. The smallest absolute Gasteiger partial charge is 0.0637 e. The van der Waals surface area contributed by atoms with Crippen molar-refractivity contribution in [3.8, 4) is 0 Å². The second-order valence-electron chi connectivity index (χ2n) is 3.87. The third-order valence-electron chi connectivity index (χ3n) is 2.94. The van der Waals surface area contributed by atoms with Gasteiger partial charge in [-0.05, 0) is 30.4 Å². The van der Waals surface area contributed by atoms with Crippen LogP contribution in [-0.2, 0) is 4.74 Å². The molecular weight excluding hydrogens is 247 g/mol. The normalized spacial score (nSPS) is 18.9. The van der Waals surface area contributed by atoms with Gasteiger partial charge in [0.2, 0.25) is 0 Å². The number of pyridine rings is 1. The summed E-state index contributed by atoms with van der Waals surface area (Å²) in [5.41, 5.74) is 7.20. The van der Waals surface area contributed by atoms with E-state index in [1.54, 1.807) is 12.4 Å². The molecule has 16 heavy (non-hydrogen) atoms. The number of ether oxygens (including phenoxy) is 1. The van der Waals surface area contributed by atoms with E-state index < -0.39 is 0 Å². The molecule has 0 spiro atoms. The predicted octanol–water partition coefficient (Wildman–Crippen LogP) is 2.58. The molecule has 1 aromatic rings. The highest BCUT2D eigenvalue weighted by atomic mass is 35.5. The van der Waals surface area contributed by atoms with Crippen molar-refractivity contribution in [1.29, 1.82) is 0 Å². The SMILES string of the molecule is Cl.N[C@H](c1ccncc1Cl)C1CCOCC1. The van der Waals surface area contributed by atoms with Crippen molar-refractivity contribution >= 4 is 24.0 Å². The van der Waals surface area contributed by atoms with Crippen LogP contribution in [0.2, 0.25) is 5.02 Å². The zero-order valence-electron chi connectivity index (χ0n) is 8.93. The van der Waals surface area contributed by atoms with Crippen molar-refractivity contribution in [2.75, 3.05) is 13.2 Å². The standard InChI is InChI=1S/C11H15ClN2O.ClH/c12-10-7-14-4-1-9(10)11(13)8-2-5-15-6-3-8;/h1,4,7-8,11H,2-3,5-6,13H2;1H/t11-;/m0./s1. The molecular formula is C11H16Cl2N2O. The number of nitrogens with zero attached hydrogens (tertiary/aromatic N) is 1. The predicted molar refractivity (Wildman–Crippen MR) is 67.0 cm³/mol. The van der Waals surface area contributed by atoms with E-state index in [-0.39, 0.29) is 18.4 Å². The average molecular weight is 263 g/mol. The Labute approximate surface area is 107 Å². The number of hydrogen-bond acceptors (Lipinski definition) is 3. The van der Waals surface area contributed by atoms with Crippen molar-refractivity contribution in [1.82, 2.24) is 4.98 Å². The van der Waals surface area contributed by atoms with E-state index in [2.05, 4.69) is 4.98 Å². The van der Waals surface area contributed by atoms with Crippen LogP contribution in [0.4, 0.5) is 0 Å². The molecule has 1 aliphatic rings. The number of nitrogens with two attached hydrogens (primary N) is 1. The fraction of sp³-hybridized carbons (Fsp3) is 0.545. The van der Waals surface area contributed by atoms with Crippen molar-refractivity contribution in [3.05, 3.63) is 29.0 Å². The average Bonchev–Trinajstić information content (AvgIpc) is 2.30. The Morgan fingerprint density at radius 3 is 2.75 bits per heavy atom. The van der Waals surface area contributed by atoms with E-state index in [9.17, 15) is 0 Å². The van der Waals surface area contributed by atoms with Crippen molar-refractivity contribution < 1.29 is 4.74 Å². The summed E-state index contributed by atoms with van der Waals surface area (Å²) in [5.74, 6) is 0.471. The minimum atomic E-state index is 0. The lowest BCUT2D eigenvalue weighted by Gasteiger charge is -2.28. The molecule has 0 aromatic carbocycles. The Morgan fingerprint density at radius 1 is 1.44 bits per heavy atom. The van der Waals surface area contributed by atoms with Crippen LogP contribution in [0.1, 0.15) is 24.4 Å². The van der Waals surface area contributed by atoms with Gasteiger partial charge in [-0.2, -0.15) is 0 Å². The third kappa shape index (κ3) is 3.08. The molecule has 1 aliphatic heterocycles.